The first-order valence-corrected chi connectivity index (χ1v) is 8.50. The monoisotopic (exact) mass is 348 g/mol. The molecule has 0 saturated carbocycles. The number of nitrogens with one attached hydrogen (secondary N) is 2. The van der Waals surface area contributed by atoms with Crippen molar-refractivity contribution < 1.29 is 18.3 Å². The van der Waals surface area contributed by atoms with E-state index in [1.165, 1.54) is 6.07 Å². The number of carboxylic acid groups (broad SMARTS) is 1. The van der Waals surface area contributed by atoms with E-state index in [4.69, 9.17) is 5.11 Å². The quantitative estimate of drug-likeness (QED) is 0.673. The van der Waals surface area contributed by atoms with Crippen molar-refractivity contribution in [3.05, 3.63) is 29.3 Å². The average molecular weight is 349 g/mol. The first kappa shape index (κ1) is 18.9. The molecule has 1 aliphatic heterocycles. The summed E-state index contributed by atoms with van der Waals surface area (Å²) in [6.07, 6.45) is 2.09. The fourth-order valence-electron chi connectivity index (χ4n) is 2.30. The van der Waals surface area contributed by atoms with Gasteiger partial charge in [0.05, 0.1) is 4.90 Å². The Morgan fingerprint density at radius 2 is 2.14 bits per heavy atom. The minimum absolute atomic E-state index is 0. The molecule has 1 heterocycles. The summed E-state index contributed by atoms with van der Waals surface area (Å²) in [6, 6.07) is 4.26. The summed E-state index contributed by atoms with van der Waals surface area (Å²) in [7, 11) is -3.49. The van der Waals surface area contributed by atoms with Crippen molar-refractivity contribution in [2.45, 2.75) is 43.7 Å². The van der Waals surface area contributed by atoms with E-state index in [1.54, 1.807) is 12.1 Å². The van der Waals surface area contributed by atoms with Crippen LogP contribution < -0.4 is 10.0 Å². The maximum Gasteiger partial charge on any atom is 0.321 e. The zero-order valence-corrected chi connectivity index (χ0v) is 14.0. The predicted molar refractivity (Wildman–Crippen MR) is 85.8 cm³/mol. The van der Waals surface area contributed by atoms with Gasteiger partial charge < -0.3 is 10.4 Å². The molecular formula is C14H21ClN2O4S. The topological polar surface area (TPSA) is 95.5 Å². The number of sulfonamides is 1. The second-order valence-electron chi connectivity index (χ2n) is 5.16. The second-order valence-corrected chi connectivity index (χ2v) is 6.92. The highest BCUT2D eigenvalue weighted by Crippen LogP contribution is 2.21. The number of rotatable bonds is 6. The van der Waals surface area contributed by atoms with Crippen LogP contribution in [0.15, 0.2) is 23.1 Å². The summed E-state index contributed by atoms with van der Waals surface area (Å²) in [5, 5.41) is 11.9. The van der Waals surface area contributed by atoms with Gasteiger partial charge in [-0.1, -0.05) is 19.4 Å². The molecular weight excluding hydrogens is 328 g/mol. The van der Waals surface area contributed by atoms with E-state index >= 15 is 0 Å². The molecule has 22 heavy (non-hydrogen) atoms. The van der Waals surface area contributed by atoms with E-state index < -0.39 is 22.0 Å². The van der Waals surface area contributed by atoms with E-state index in [0.717, 1.165) is 24.0 Å². The molecule has 0 fully saturated rings. The van der Waals surface area contributed by atoms with Crippen LogP contribution in [-0.4, -0.2) is 32.1 Å². The van der Waals surface area contributed by atoms with E-state index in [0.29, 0.717) is 19.5 Å². The second kappa shape index (κ2) is 7.92. The Labute approximate surface area is 136 Å². The number of aliphatic carboxylic acids is 1. The molecule has 0 aromatic heterocycles. The minimum Gasteiger partial charge on any atom is -0.480 e. The highest BCUT2D eigenvalue weighted by molar-refractivity contribution is 7.89. The van der Waals surface area contributed by atoms with E-state index in [2.05, 4.69) is 10.0 Å². The van der Waals surface area contributed by atoms with Gasteiger partial charge in [0.1, 0.15) is 6.04 Å². The smallest absolute Gasteiger partial charge is 0.321 e. The molecule has 0 aliphatic carbocycles. The lowest BCUT2D eigenvalue weighted by Crippen LogP contribution is -2.41. The number of halogens is 1. The molecule has 1 atom stereocenters. The van der Waals surface area contributed by atoms with Crippen LogP contribution >= 0.6 is 12.4 Å². The summed E-state index contributed by atoms with van der Waals surface area (Å²) in [6.45, 7) is 2.79. The molecule has 0 bridgehead atoms. The molecule has 0 spiro atoms. The Bertz CT molecular complexity index is 634. The van der Waals surface area contributed by atoms with Gasteiger partial charge in [-0.2, -0.15) is 0 Å². The van der Waals surface area contributed by atoms with Gasteiger partial charge in [0.25, 0.3) is 0 Å². The summed E-state index contributed by atoms with van der Waals surface area (Å²) in [4.78, 5) is 11.2. The third-order valence-electron chi connectivity index (χ3n) is 3.57. The Balaban J connectivity index is 0.00000242. The Morgan fingerprint density at radius 1 is 1.41 bits per heavy atom. The van der Waals surface area contributed by atoms with Crippen molar-refractivity contribution in [3.8, 4) is 0 Å². The van der Waals surface area contributed by atoms with Crippen LogP contribution in [0.2, 0.25) is 0 Å². The van der Waals surface area contributed by atoms with Crippen molar-refractivity contribution in [1.82, 2.24) is 10.0 Å². The summed E-state index contributed by atoms with van der Waals surface area (Å²) >= 11 is 0. The van der Waals surface area contributed by atoms with Crippen LogP contribution in [0.1, 0.15) is 30.9 Å². The van der Waals surface area contributed by atoms with Crippen molar-refractivity contribution >= 4 is 28.4 Å². The molecule has 6 nitrogen and oxygen atoms in total. The Kier molecular flexibility index (Phi) is 6.80. The highest BCUT2D eigenvalue weighted by atomic mass is 35.5. The molecule has 3 N–H and O–H groups in total. The van der Waals surface area contributed by atoms with Gasteiger partial charge in [-0.05, 0) is 36.1 Å². The summed E-state index contributed by atoms with van der Waals surface area (Å²) in [5.41, 5.74) is 1.72. The van der Waals surface area contributed by atoms with Crippen LogP contribution in [-0.2, 0) is 27.8 Å². The molecule has 0 amide bonds. The van der Waals surface area contributed by atoms with Crippen molar-refractivity contribution in [2.75, 3.05) is 6.54 Å². The van der Waals surface area contributed by atoms with Crippen LogP contribution in [0.3, 0.4) is 0 Å². The van der Waals surface area contributed by atoms with Gasteiger partial charge in [0.15, 0.2) is 0 Å². The zero-order chi connectivity index (χ0) is 15.5. The Morgan fingerprint density at radius 3 is 2.77 bits per heavy atom. The lowest BCUT2D eigenvalue weighted by molar-refractivity contribution is -0.139. The van der Waals surface area contributed by atoms with Gasteiger partial charge in [0, 0.05) is 13.1 Å². The number of carbonyl (C=O) groups is 1. The standard InChI is InChI=1S/C14H20N2O4S.ClH/c1-2-3-6-16-21(19,20)12-5-4-10-8-13(14(17)18)15-9-11(10)7-12;/h4-5,7,13,15-16H,2-3,6,8-9H2,1H3,(H,17,18);1H/t13-;/m0./s1. The van der Waals surface area contributed by atoms with Crippen molar-refractivity contribution in [3.63, 3.8) is 0 Å². The Hall–Kier alpha value is -1.15. The minimum atomic E-state index is -3.49. The number of benzene rings is 1. The third kappa shape index (κ3) is 4.42. The molecule has 2 rings (SSSR count). The van der Waals surface area contributed by atoms with E-state index in [1.807, 2.05) is 6.92 Å². The van der Waals surface area contributed by atoms with Crippen LogP contribution in [0.25, 0.3) is 0 Å². The highest BCUT2D eigenvalue weighted by Gasteiger charge is 2.25. The van der Waals surface area contributed by atoms with Gasteiger partial charge in [-0.25, -0.2) is 13.1 Å². The average Bonchev–Trinajstić information content (AvgIpc) is 2.46. The predicted octanol–water partition coefficient (Wildman–Crippen LogP) is 1.29. The lowest BCUT2D eigenvalue weighted by atomic mass is 9.96. The van der Waals surface area contributed by atoms with E-state index in [9.17, 15) is 13.2 Å². The summed E-state index contributed by atoms with van der Waals surface area (Å²) in [5.74, 6) is -0.890. The fraction of sp³-hybridized carbons (Fsp3) is 0.500. The van der Waals surface area contributed by atoms with Crippen molar-refractivity contribution in [2.24, 2.45) is 0 Å². The molecule has 8 heteroatoms. The van der Waals surface area contributed by atoms with Crippen LogP contribution in [0, 0.1) is 0 Å². The number of fused-ring (bicyclic) bond motifs is 1. The van der Waals surface area contributed by atoms with E-state index in [-0.39, 0.29) is 17.3 Å². The summed E-state index contributed by atoms with van der Waals surface area (Å²) < 4.78 is 26.8. The molecule has 124 valence electrons. The number of carboxylic acids is 1. The maximum atomic E-state index is 12.1. The largest absolute Gasteiger partial charge is 0.480 e. The normalized spacial score (nSPS) is 17.4. The first-order valence-electron chi connectivity index (χ1n) is 7.01. The molecule has 1 aliphatic rings. The molecule has 0 saturated heterocycles. The van der Waals surface area contributed by atoms with Crippen LogP contribution in [0.4, 0.5) is 0 Å². The zero-order valence-electron chi connectivity index (χ0n) is 12.3. The molecule has 1 aromatic carbocycles. The first-order chi connectivity index (χ1) is 9.94. The van der Waals surface area contributed by atoms with Crippen molar-refractivity contribution in [1.29, 1.82) is 0 Å². The fourth-order valence-corrected chi connectivity index (χ4v) is 3.42. The van der Waals surface area contributed by atoms with Gasteiger partial charge >= 0.3 is 5.97 Å². The molecule has 0 radical (unpaired) electrons. The lowest BCUT2D eigenvalue weighted by Gasteiger charge is -2.23. The molecule has 0 unspecified atom stereocenters. The SMILES string of the molecule is CCCCNS(=O)(=O)c1ccc2c(c1)CN[C@H](C(=O)O)C2.Cl. The molecule has 1 aromatic rings. The number of unbranched alkanes of at least 4 members (excludes halogenated alkanes) is 1. The number of hydrogen-bond donors (Lipinski definition) is 3. The third-order valence-corrected chi connectivity index (χ3v) is 5.03. The number of hydrogen-bond acceptors (Lipinski definition) is 4. The van der Waals surface area contributed by atoms with Crippen LogP contribution in [0.5, 0.6) is 0 Å². The van der Waals surface area contributed by atoms with Gasteiger partial charge in [-0.3, -0.25) is 4.79 Å². The van der Waals surface area contributed by atoms with Gasteiger partial charge in [0.2, 0.25) is 10.0 Å². The van der Waals surface area contributed by atoms with Gasteiger partial charge in [-0.15, -0.1) is 12.4 Å². The maximum absolute atomic E-state index is 12.1.